The maximum Gasteiger partial charge on any atom is 0.341 e. The second kappa shape index (κ2) is 5.51. The van der Waals surface area contributed by atoms with Gasteiger partial charge in [-0.15, -0.1) is 0 Å². The zero-order valence-corrected chi connectivity index (χ0v) is 11.7. The summed E-state index contributed by atoms with van der Waals surface area (Å²) in [4.78, 5) is 11.8. The molecule has 0 aliphatic heterocycles. The molecular weight excluding hydrogens is 242 g/mol. The number of rotatable bonds is 5. The van der Waals surface area contributed by atoms with Gasteiger partial charge in [0.15, 0.2) is 0 Å². The zero-order valence-electron chi connectivity index (χ0n) is 11.7. The van der Waals surface area contributed by atoms with E-state index in [0.29, 0.717) is 35.4 Å². The van der Waals surface area contributed by atoms with Crippen LogP contribution >= 0.6 is 0 Å². The summed E-state index contributed by atoms with van der Waals surface area (Å²) in [5.74, 6) is 1.01. The summed E-state index contributed by atoms with van der Waals surface area (Å²) in [5.41, 5.74) is 8.26. The van der Waals surface area contributed by atoms with E-state index in [1.165, 1.54) is 7.11 Å². The smallest absolute Gasteiger partial charge is 0.341 e. The van der Waals surface area contributed by atoms with Gasteiger partial charge in [0.05, 0.1) is 13.7 Å². The van der Waals surface area contributed by atoms with Crippen molar-refractivity contribution in [3.63, 3.8) is 0 Å². The molecule has 0 bridgehead atoms. The number of methoxy groups -OCH3 is 1. The second-order valence-corrected chi connectivity index (χ2v) is 5.45. The molecule has 0 unspecified atom stereocenters. The van der Waals surface area contributed by atoms with E-state index in [4.69, 9.17) is 15.2 Å². The van der Waals surface area contributed by atoms with Crippen molar-refractivity contribution in [1.29, 1.82) is 0 Å². The average molecular weight is 263 g/mol. The molecule has 1 aliphatic carbocycles. The van der Waals surface area contributed by atoms with Crippen molar-refractivity contribution in [1.82, 2.24) is 0 Å². The van der Waals surface area contributed by atoms with E-state index in [1.54, 1.807) is 6.07 Å². The van der Waals surface area contributed by atoms with Gasteiger partial charge in [0.2, 0.25) is 0 Å². The van der Waals surface area contributed by atoms with Gasteiger partial charge in [-0.05, 0) is 36.3 Å². The number of nitrogen functional groups attached to an aromatic ring is 1. The molecule has 2 rings (SSSR count). The lowest BCUT2D eigenvalue weighted by Crippen LogP contribution is -2.11. The Morgan fingerprint density at radius 2 is 2.11 bits per heavy atom. The van der Waals surface area contributed by atoms with Crippen LogP contribution in [0.4, 0.5) is 5.69 Å². The molecule has 1 aromatic rings. The highest BCUT2D eigenvalue weighted by Crippen LogP contribution is 2.44. The van der Waals surface area contributed by atoms with Crippen molar-refractivity contribution < 1.29 is 14.3 Å². The predicted octanol–water partition coefficient (Wildman–Crippen LogP) is 2.97. The lowest BCUT2D eigenvalue weighted by molar-refractivity contribution is 0.0595. The number of ether oxygens (including phenoxy) is 2. The summed E-state index contributed by atoms with van der Waals surface area (Å²) in [6.07, 6.45) is 2.27. The van der Waals surface area contributed by atoms with Gasteiger partial charge in [-0.25, -0.2) is 4.79 Å². The van der Waals surface area contributed by atoms with Gasteiger partial charge >= 0.3 is 5.97 Å². The minimum atomic E-state index is -0.374. The summed E-state index contributed by atoms with van der Waals surface area (Å²) in [6.45, 7) is 4.66. The van der Waals surface area contributed by atoms with E-state index in [0.717, 1.165) is 18.4 Å². The third-order valence-electron chi connectivity index (χ3n) is 3.18. The van der Waals surface area contributed by atoms with Crippen molar-refractivity contribution in [2.75, 3.05) is 19.5 Å². The fourth-order valence-corrected chi connectivity index (χ4v) is 2.01. The van der Waals surface area contributed by atoms with Crippen LogP contribution in [0.1, 0.15) is 48.5 Å². The fourth-order valence-electron chi connectivity index (χ4n) is 2.01. The lowest BCUT2D eigenvalue weighted by Gasteiger charge is -2.15. The molecular formula is C15H21NO3. The molecule has 1 fully saturated rings. The Morgan fingerprint density at radius 1 is 1.42 bits per heavy atom. The highest BCUT2D eigenvalue weighted by molar-refractivity contribution is 5.93. The van der Waals surface area contributed by atoms with Crippen LogP contribution in [0.25, 0.3) is 0 Å². The molecule has 0 saturated heterocycles. The number of esters is 1. The van der Waals surface area contributed by atoms with Crippen molar-refractivity contribution in [3.05, 3.63) is 23.3 Å². The number of nitrogens with two attached hydrogens (primary N) is 1. The van der Waals surface area contributed by atoms with Gasteiger partial charge in [0, 0.05) is 11.8 Å². The molecule has 1 aromatic carbocycles. The molecule has 1 aliphatic rings. The Bertz CT molecular complexity index is 479. The number of hydrogen-bond donors (Lipinski definition) is 1. The SMILES string of the molecule is COC(=O)c1cc(C2CC2)c(N)cc1OCC(C)C. The summed E-state index contributed by atoms with van der Waals surface area (Å²) < 4.78 is 10.5. The highest BCUT2D eigenvalue weighted by Gasteiger charge is 2.28. The van der Waals surface area contributed by atoms with Gasteiger partial charge in [-0.2, -0.15) is 0 Å². The Labute approximate surface area is 113 Å². The van der Waals surface area contributed by atoms with Crippen LogP contribution in [0, 0.1) is 5.92 Å². The Morgan fingerprint density at radius 3 is 2.63 bits per heavy atom. The van der Waals surface area contributed by atoms with E-state index in [9.17, 15) is 4.79 Å². The molecule has 4 heteroatoms. The summed E-state index contributed by atoms with van der Waals surface area (Å²) >= 11 is 0. The van der Waals surface area contributed by atoms with Crippen molar-refractivity contribution in [2.45, 2.75) is 32.6 Å². The minimum Gasteiger partial charge on any atom is -0.492 e. The summed E-state index contributed by atoms with van der Waals surface area (Å²) in [5, 5.41) is 0. The van der Waals surface area contributed by atoms with E-state index in [2.05, 4.69) is 13.8 Å². The maximum atomic E-state index is 11.8. The molecule has 0 heterocycles. The highest BCUT2D eigenvalue weighted by atomic mass is 16.5. The standard InChI is InChI=1S/C15H21NO3/c1-9(2)8-19-14-7-13(16)11(10-4-5-10)6-12(14)15(17)18-3/h6-7,9-10H,4-5,8,16H2,1-3H3. The second-order valence-electron chi connectivity index (χ2n) is 5.45. The fraction of sp³-hybridized carbons (Fsp3) is 0.533. The van der Waals surface area contributed by atoms with Crippen LogP contribution in [0.15, 0.2) is 12.1 Å². The first-order chi connectivity index (χ1) is 9.02. The number of carbonyl (C=O) groups excluding carboxylic acids is 1. The number of benzene rings is 1. The van der Waals surface area contributed by atoms with Crippen LogP contribution in [0.2, 0.25) is 0 Å². The molecule has 19 heavy (non-hydrogen) atoms. The Kier molecular flexibility index (Phi) is 3.98. The first-order valence-corrected chi connectivity index (χ1v) is 6.67. The third kappa shape index (κ3) is 3.19. The molecule has 0 aromatic heterocycles. The first-order valence-electron chi connectivity index (χ1n) is 6.67. The van der Waals surface area contributed by atoms with Crippen LogP contribution in [0.5, 0.6) is 5.75 Å². The van der Waals surface area contributed by atoms with Crippen LogP contribution in [0.3, 0.4) is 0 Å². The molecule has 0 radical (unpaired) electrons. The molecule has 104 valence electrons. The first kappa shape index (κ1) is 13.7. The number of hydrogen-bond acceptors (Lipinski definition) is 4. The van der Waals surface area contributed by atoms with Gasteiger partial charge in [-0.3, -0.25) is 0 Å². The zero-order chi connectivity index (χ0) is 14.0. The average Bonchev–Trinajstić information content (AvgIpc) is 3.19. The van der Waals surface area contributed by atoms with Crippen molar-refractivity contribution in [2.24, 2.45) is 5.92 Å². The molecule has 1 saturated carbocycles. The van der Waals surface area contributed by atoms with Gasteiger partial charge in [0.25, 0.3) is 0 Å². The number of anilines is 1. The van der Waals surface area contributed by atoms with E-state index in [-0.39, 0.29) is 5.97 Å². The quantitative estimate of drug-likeness (QED) is 0.655. The molecule has 0 atom stereocenters. The van der Waals surface area contributed by atoms with E-state index in [1.807, 2.05) is 6.07 Å². The largest absolute Gasteiger partial charge is 0.492 e. The van der Waals surface area contributed by atoms with E-state index >= 15 is 0 Å². The Balaban J connectivity index is 2.33. The monoisotopic (exact) mass is 263 g/mol. The topological polar surface area (TPSA) is 61.5 Å². The third-order valence-corrected chi connectivity index (χ3v) is 3.18. The van der Waals surface area contributed by atoms with Crippen molar-refractivity contribution in [3.8, 4) is 5.75 Å². The van der Waals surface area contributed by atoms with E-state index < -0.39 is 0 Å². The summed E-state index contributed by atoms with van der Waals surface area (Å²) in [7, 11) is 1.38. The lowest BCUT2D eigenvalue weighted by atomic mass is 10.0. The van der Waals surface area contributed by atoms with Crippen LogP contribution < -0.4 is 10.5 Å². The predicted molar refractivity (Wildman–Crippen MR) is 74.5 cm³/mol. The Hall–Kier alpha value is -1.71. The van der Waals surface area contributed by atoms with Crippen molar-refractivity contribution >= 4 is 11.7 Å². The van der Waals surface area contributed by atoms with Crippen LogP contribution in [-0.4, -0.2) is 19.7 Å². The molecule has 2 N–H and O–H groups in total. The van der Waals surface area contributed by atoms with Crippen LogP contribution in [-0.2, 0) is 4.74 Å². The van der Waals surface area contributed by atoms with Gasteiger partial charge in [0.1, 0.15) is 11.3 Å². The minimum absolute atomic E-state index is 0.374. The molecule has 4 nitrogen and oxygen atoms in total. The normalized spacial score (nSPS) is 14.5. The number of carbonyl (C=O) groups is 1. The maximum absolute atomic E-state index is 11.8. The molecule has 0 spiro atoms. The molecule has 0 amide bonds. The van der Waals surface area contributed by atoms with Gasteiger partial charge in [-0.1, -0.05) is 13.8 Å². The van der Waals surface area contributed by atoms with Gasteiger partial charge < -0.3 is 15.2 Å². The summed E-state index contributed by atoms with van der Waals surface area (Å²) in [6, 6.07) is 3.58.